The normalized spacial score (nSPS) is 12.2. The fourth-order valence-corrected chi connectivity index (χ4v) is 0.886. The van der Waals surface area contributed by atoms with Crippen molar-refractivity contribution in [2.24, 2.45) is 0 Å². The van der Waals surface area contributed by atoms with E-state index in [-0.39, 0.29) is 0 Å². The lowest BCUT2D eigenvalue weighted by Gasteiger charge is -2.10. The second-order valence-electron chi connectivity index (χ2n) is 2.63. The van der Waals surface area contributed by atoms with Gasteiger partial charge in [-0.15, -0.1) is 0 Å². The summed E-state index contributed by atoms with van der Waals surface area (Å²) >= 11 is 0. The van der Waals surface area contributed by atoms with Gasteiger partial charge in [0.2, 0.25) is 6.29 Å². The van der Waals surface area contributed by atoms with Crippen LogP contribution in [0.5, 0.6) is 0 Å². The van der Waals surface area contributed by atoms with Gasteiger partial charge in [-0.3, -0.25) is 4.79 Å². The molecule has 0 aromatic heterocycles. The lowest BCUT2D eigenvalue weighted by Crippen LogP contribution is -2.07. The van der Waals surface area contributed by atoms with Gasteiger partial charge in [0.05, 0.1) is 0 Å². The first-order valence-electron chi connectivity index (χ1n) is 3.80. The molecule has 4 heteroatoms. The van der Waals surface area contributed by atoms with Crippen LogP contribution in [0.3, 0.4) is 0 Å². The van der Waals surface area contributed by atoms with Crippen molar-refractivity contribution in [2.75, 3.05) is 5.73 Å². The van der Waals surface area contributed by atoms with Crippen molar-refractivity contribution >= 4 is 11.7 Å². The molecule has 1 aromatic carbocycles. The number of aliphatic hydroxyl groups excluding tert-OH is 1. The third kappa shape index (κ3) is 2.76. The first-order chi connectivity index (χ1) is 6.09. The Labute approximate surface area is 75.9 Å². The van der Waals surface area contributed by atoms with Gasteiger partial charge in [-0.05, 0) is 12.1 Å². The van der Waals surface area contributed by atoms with E-state index >= 15 is 0 Å². The molecule has 0 aliphatic carbocycles. The molecule has 0 aliphatic rings. The molecule has 1 atom stereocenters. The number of hydrogen-bond donors (Lipinski definition) is 2. The number of nitrogen functional groups attached to an aromatic ring is 1. The highest BCUT2D eigenvalue weighted by Gasteiger charge is 2.09. The number of ether oxygens (including phenoxy) is 1. The van der Waals surface area contributed by atoms with Crippen molar-refractivity contribution in [3.8, 4) is 0 Å². The Balaban J connectivity index is 2.71. The minimum absolute atomic E-state index is 0.504. The van der Waals surface area contributed by atoms with Crippen LogP contribution < -0.4 is 5.73 Å². The van der Waals surface area contributed by atoms with Crippen molar-refractivity contribution in [1.29, 1.82) is 0 Å². The number of nitrogens with two attached hydrogens (primary N) is 1. The minimum atomic E-state index is -1.21. The number of hydrogen-bond acceptors (Lipinski definition) is 4. The molecule has 70 valence electrons. The molecule has 0 aliphatic heterocycles. The minimum Gasteiger partial charge on any atom is -0.432 e. The summed E-state index contributed by atoms with van der Waals surface area (Å²) in [5.74, 6) is -0.524. The van der Waals surface area contributed by atoms with Gasteiger partial charge in [-0.2, -0.15) is 0 Å². The third-order valence-electron chi connectivity index (χ3n) is 1.50. The predicted octanol–water partition coefficient (Wildman–Crippen LogP) is 0.823. The summed E-state index contributed by atoms with van der Waals surface area (Å²) in [6.07, 6.45) is -1.21. The maximum absolute atomic E-state index is 10.5. The van der Waals surface area contributed by atoms with Gasteiger partial charge < -0.3 is 15.6 Å². The molecule has 0 amide bonds. The Kier molecular flexibility index (Phi) is 2.87. The zero-order valence-electron chi connectivity index (χ0n) is 7.23. The summed E-state index contributed by atoms with van der Waals surface area (Å²) in [5, 5.41) is 9.30. The third-order valence-corrected chi connectivity index (χ3v) is 1.50. The number of carbonyl (C=O) groups excluding carboxylic acids is 1. The van der Waals surface area contributed by atoms with E-state index in [9.17, 15) is 9.90 Å². The molecule has 0 radical (unpaired) electrons. The van der Waals surface area contributed by atoms with E-state index in [2.05, 4.69) is 4.74 Å². The molecule has 4 nitrogen and oxygen atoms in total. The van der Waals surface area contributed by atoms with E-state index in [0.717, 1.165) is 0 Å². The molecule has 0 saturated heterocycles. The lowest BCUT2D eigenvalue weighted by atomic mass is 10.2. The summed E-state index contributed by atoms with van der Waals surface area (Å²) in [4.78, 5) is 10.5. The van der Waals surface area contributed by atoms with Crippen LogP contribution >= 0.6 is 0 Å². The van der Waals surface area contributed by atoms with Gasteiger partial charge >= 0.3 is 5.97 Å². The van der Waals surface area contributed by atoms with Gasteiger partial charge in [0.25, 0.3) is 0 Å². The van der Waals surface area contributed by atoms with E-state index in [1.807, 2.05) is 0 Å². The SMILES string of the molecule is CC(=O)OC(O)c1ccc(N)cc1. The Morgan fingerprint density at radius 3 is 2.46 bits per heavy atom. The van der Waals surface area contributed by atoms with Crippen LogP contribution in [0.1, 0.15) is 18.8 Å². The van der Waals surface area contributed by atoms with Crippen LogP contribution in [0.4, 0.5) is 5.69 Å². The molecule has 0 spiro atoms. The molecule has 0 heterocycles. The molecule has 0 saturated carbocycles. The van der Waals surface area contributed by atoms with E-state index in [0.29, 0.717) is 11.3 Å². The van der Waals surface area contributed by atoms with E-state index in [4.69, 9.17) is 5.73 Å². The van der Waals surface area contributed by atoms with Crippen molar-refractivity contribution in [2.45, 2.75) is 13.2 Å². The van der Waals surface area contributed by atoms with Crippen molar-refractivity contribution < 1.29 is 14.6 Å². The fourth-order valence-electron chi connectivity index (χ4n) is 0.886. The maximum Gasteiger partial charge on any atom is 0.305 e. The molecule has 1 unspecified atom stereocenters. The highest BCUT2D eigenvalue weighted by molar-refractivity contribution is 5.66. The first-order valence-corrected chi connectivity index (χ1v) is 3.80. The van der Waals surface area contributed by atoms with E-state index in [1.165, 1.54) is 6.92 Å². The van der Waals surface area contributed by atoms with Crippen molar-refractivity contribution in [1.82, 2.24) is 0 Å². The van der Waals surface area contributed by atoms with Gasteiger partial charge in [0.1, 0.15) is 0 Å². The highest BCUT2D eigenvalue weighted by atomic mass is 16.6. The summed E-state index contributed by atoms with van der Waals surface area (Å²) < 4.78 is 4.55. The quantitative estimate of drug-likeness (QED) is 0.402. The monoisotopic (exact) mass is 181 g/mol. The van der Waals surface area contributed by atoms with Crippen LogP contribution in [0.15, 0.2) is 24.3 Å². The summed E-state index contributed by atoms with van der Waals surface area (Å²) in [6.45, 7) is 1.24. The number of aliphatic hydroxyl groups is 1. The van der Waals surface area contributed by atoms with Crippen LogP contribution in [0.25, 0.3) is 0 Å². The average molecular weight is 181 g/mol. The standard InChI is InChI=1S/C9H11NO3/c1-6(11)13-9(12)7-2-4-8(10)5-3-7/h2-5,9,12H,10H2,1H3. The molecule has 1 rings (SSSR count). The van der Waals surface area contributed by atoms with Gasteiger partial charge in [0, 0.05) is 18.2 Å². The Morgan fingerprint density at radius 2 is 2.00 bits per heavy atom. The van der Waals surface area contributed by atoms with Crippen LogP contribution in [0, 0.1) is 0 Å². The topological polar surface area (TPSA) is 72.5 Å². The molecule has 3 N–H and O–H groups in total. The van der Waals surface area contributed by atoms with Gasteiger partial charge in [-0.1, -0.05) is 12.1 Å². The molecular weight excluding hydrogens is 170 g/mol. The van der Waals surface area contributed by atoms with E-state index in [1.54, 1.807) is 24.3 Å². The number of esters is 1. The number of anilines is 1. The van der Waals surface area contributed by atoms with Gasteiger partial charge in [-0.25, -0.2) is 0 Å². The number of carbonyl (C=O) groups is 1. The Hall–Kier alpha value is -1.55. The zero-order chi connectivity index (χ0) is 9.84. The predicted molar refractivity (Wildman–Crippen MR) is 47.6 cm³/mol. The average Bonchev–Trinajstić information content (AvgIpc) is 2.04. The smallest absolute Gasteiger partial charge is 0.305 e. The van der Waals surface area contributed by atoms with Crippen LogP contribution in [-0.4, -0.2) is 11.1 Å². The maximum atomic E-state index is 10.5. The fraction of sp³-hybridized carbons (Fsp3) is 0.222. The Bertz CT molecular complexity index is 294. The zero-order valence-corrected chi connectivity index (χ0v) is 7.23. The lowest BCUT2D eigenvalue weighted by molar-refractivity contribution is -0.166. The van der Waals surface area contributed by atoms with Gasteiger partial charge in [0.15, 0.2) is 0 Å². The first kappa shape index (κ1) is 9.54. The van der Waals surface area contributed by atoms with Crippen LogP contribution in [0.2, 0.25) is 0 Å². The summed E-state index contributed by atoms with van der Waals surface area (Å²) in [7, 11) is 0. The summed E-state index contributed by atoms with van der Waals surface area (Å²) in [6, 6.07) is 6.45. The molecule has 0 bridgehead atoms. The van der Waals surface area contributed by atoms with E-state index < -0.39 is 12.3 Å². The second kappa shape index (κ2) is 3.91. The second-order valence-corrected chi connectivity index (χ2v) is 2.63. The Morgan fingerprint density at radius 1 is 1.46 bits per heavy atom. The summed E-state index contributed by atoms with van der Waals surface area (Å²) in [5.41, 5.74) is 6.54. The van der Waals surface area contributed by atoms with Crippen molar-refractivity contribution in [3.05, 3.63) is 29.8 Å². The van der Waals surface area contributed by atoms with Crippen molar-refractivity contribution in [3.63, 3.8) is 0 Å². The molecule has 1 aromatic rings. The molecule has 0 fully saturated rings. The largest absolute Gasteiger partial charge is 0.432 e. The molecule has 13 heavy (non-hydrogen) atoms. The number of benzene rings is 1. The number of rotatable bonds is 2. The molecular formula is C9H11NO3. The van der Waals surface area contributed by atoms with Crippen LogP contribution in [-0.2, 0) is 9.53 Å². The highest BCUT2D eigenvalue weighted by Crippen LogP contribution is 2.15.